The van der Waals surface area contributed by atoms with Crippen molar-refractivity contribution in [2.24, 2.45) is 0 Å². The van der Waals surface area contributed by atoms with Crippen LogP contribution >= 0.6 is 0 Å². The van der Waals surface area contributed by atoms with E-state index in [-0.39, 0.29) is 0 Å². The van der Waals surface area contributed by atoms with Crippen LogP contribution < -0.4 is 4.72 Å². The summed E-state index contributed by atoms with van der Waals surface area (Å²) in [4.78, 5) is 0.820. The maximum Gasteiger partial charge on any atom is 0.0421 e. The number of fused-ring (bicyclic) bond motifs is 1. The van der Waals surface area contributed by atoms with Gasteiger partial charge in [0.15, 0.2) is 0 Å². The van der Waals surface area contributed by atoms with E-state index >= 15 is 0 Å². The lowest BCUT2D eigenvalue weighted by Crippen LogP contribution is -2.15. The molecule has 0 aromatic heterocycles. The van der Waals surface area contributed by atoms with Crippen LogP contribution in [0.3, 0.4) is 0 Å². The number of aryl methyl sites for hydroxylation is 2. The molecule has 2 rings (SSSR count). The average molecular weight is 209 g/mol. The molecule has 0 spiro atoms. The van der Waals surface area contributed by atoms with Crippen LogP contribution in [0.1, 0.15) is 17.5 Å². The summed E-state index contributed by atoms with van der Waals surface area (Å²) in [6.07, 6.45) is 3.49. The van der Waals surface area contributed by atoms with Crippen molar-refractivity contribution >= 4 is 9.81 Å². The largest absolute Gasteiger partial charge is 0.253 e. The first kappa shape index (κ1) is 9.68. The third-order valence-corrected chi connectivity index (χ3v) is 4.30. The smallest absolute Gasteiger partial charge is 0.0421 e. The lowest BCUT2D eigenvalue weighted by atomic mass is 10.1. The molecule has 0 saturated carbocycles. The highest BCUT2D eigenvalue weighted by Gasteiger charge is 2.12. The summed E-state index contributed by atoms with van der Waals surface area (Å²) in [6, 6.07) is 6.05. The van der Waals surface area contributed by atoms with E-state index < -0.39 is 9.81 Å². The lowest BCUT2D eigenvalue weighted by Gasteiger charge is -2.10. The van der Waals surface area contributed by atoms with Gasteiger partial charge in [0.2, 0.25) is 0 Å². The van der Waals surface area contributed by atoms with Crippen molar-refractivity contribution in [1.82, 2.24) is 4.72 Å². The van der Waals surface area contributed by atoms with Gasteiger partial charge >= 0.3 is 0 Å². The summed E-state index contributed by atoms with van der Waals surface area (Å²) in [6.45, 7) is 0. The molecule has 0 heterocycles. The zero-order valence-electron chi connectivity index (χ0n) is 8.26. The standard InChI is InChI=1S/C10H15N3S/c1-13-14(11,12)10-6-5-8-3-2-4-9(8)7-10/h5-7H,2-4H2,1H3,(H3,11,12,13). The highest BCUT2D eigenvalue weighted by Crippen LogP contribution is 2.24. The van der Waals surface area contributed by atoms with Gasteiger partial charge in [0.1, 0.15) is 0 Å². The molecule has 14 heavy (non-hydrogen) atoms. The second kappa shape index (κ2) is 3.37. The molecule has 76 valence electrons. The van der Waals surface area contributed by atoms with Crippen LogP contribution in [0.4, 0.5) is 0 Å². The minimum atomic E-state index is -2.27. The molecule has 1 aromatic carbocycles. The summed E-state index contributed by atoms with van der Waals surface area (Å²) in [5.41, 5.74) is 2.74. The Balaban J connectivity index is 2.48. The Labute approximate surface area is 85.1 Å². The van der Waals surface area contributed by atoms with E-state index in [2.05, 4.69) is 10.8 Å². The van der Waals surface area contributed by atoms with Crippen LogP contribution in [0.25, 0.3) is 0 Å². The first-order chi connectivity index (χ1) is 6.63. The maximum absolute atomic E-state index is 7.82. The monoisotopic (exact) mass is 209 g/mol. The topological polar surface area (TPSA) is 59.7 Å². The van der Waals surface area contributed by atoms with E-state index in [4.69, 9.17) is 9.56 Å². The van der Waals surface area contributed by atoms with Crippen molar-refractivity contribution in [3.05, 3.63) is 29.3 Å². The van der Waals surface area contributed by atoms with E-state index in [1.807, 2.05) is 12.1 Å². The second-order valence-electron chi connectivity index (χ2n) is 3.60. The molecule has 0 unspecified atom stereocenters. The summed E-state index contributed by atoms with van der Waals surface area (Å²) >= 11 is 0. The minimum Gasteiger partial charge on any atom is -0.253 e. The van der Waals surface area contributed by atoms with E-state index in [0.29, 0.717) is 0 Å². The Morgan fingerprint density at radius 2 is 1.93 bits per heavy atom. The molecule has 0 bridgehead atoms. The van der Waals surface area contributed by atoms with Gasteiger partial charge in [0.25, 0.3) is 0 Å². The quantitative estimate of drug-likeness (QED) is 0.688. The van der Waals surface area contributed by atoms with Crippen LogP contribution in [-0.2, 0) is 22.6 Å². The summed E-state index contributed by atoms with van der Waals surface area (Å²) < 4.78 is 18.4. The number of nitrogens with one attached hydrogen (secondary N) is 3. The van der Waals surface area contributed by atoms with Crippen molar-refractivity contribution in [3.63, 3.8) is 0 Å². The van der Waals surface area contributed by atoms with Gasteiger partial charge in [-0.2, -0.15) is 0 Å². The van der Waals surface area contributed by atoms with Crippen LogP contribution in [0.2, 0.25) is 0 Å². The Bertz CT molecular complexity index is 448. The van der Waals surface area contributed by atoms with E-state index in [1.165, 1.54) is 17.5 Å². The zero-order chi connectivity index (χ0) is 10.2. The molecule has 3 N–H and O–H groups in total. The highest BCUT2D eigenvalue weighted by atomic mass is 32.2. The van der Waals surface area contributed by atoms with Gasteiger partial charge in [0.05, 0.1) is 0 Å². The number of rotatable bonds is 2. The Morgan fingerprint density at radius 3 is 2.64 bits per heavy atom. The van der Waals surface area contributed by atoms with Crippen LogP contribution in [0, 0.1) is 9.56 Å². The van der Waals surface area contributed by atoms with E-state index in [1.54, 1.807) is 7.05 Å². The molecule has 0 saturated heterocycles. The van der Waals surface area contributed by atoms with Gasteiger partial charge in [-0.1, -0.05) is 6.07 Å². The fourth-order valence-corrected chi connectivity index (χ4v) is 2.68. The third kappa shape index (κ3) is 1.55. The Morgan fingerprint density at radius 1 is 1.21 bits per heavy atom. The van der Waals surface area contributed by atoms with Crippen LogP contribution in [0.15, 0.2) is 23.1 Å². The third-order valence-electron chi connectivity index (χ3n) is 2.73. The van der Waals surface area contributed by atoms with Crippen molar-refractivity contribution in [2.45, 2.75) is 24.2 Å². The van der Waals surface area contributed by atoms with Crippen molar-refractivity contribution in [3.8, 4) is 0 Å². The number of hydrogen-bond donors (Lipinski definition) is 3. The Kier molecular flexibility index (Phi) is 2.33. The molecule has 0 radical (unpaired) electrons. The predicted molar refractivity (Wildman–Crippen MR) is 58.6 cm³/mol. The summed E-state index contributed by atoms with van der Waals surface area (Å²) in [5.74, 6) is 0. The predicted octanol–water partition coefficient (Wildman–Crippen LogP) is 2.35. The molecule has 0 fully saturated rings. The van der Waals surface area contributed by atoms with Crippen molar-refractivity contribution in [1.29, 1.82) is 9.56 Å². The lowest BCUT2D eigenvalue weighted by molar-refractivity contribution is 0.911. The van der Waals surface area contributed by atoms with Crippen LogP contribution in [-0.4, -0.2) is 7.05 Å². The first-order valence-corrected chi connectivity index (χ1v) is 6.39. The van der Waals surface area contributed by atoms with Gasteiger partial charge in [-0.3, -0.25) is 9.56 Å². The van der Waals surface area contributed by atoms with Crippen LogP contribution in [0.5, 0.6) is 0 Å². The average Bonchev–Trinajstić information content (AvgIpc) is 2.64. The molecule has 3 nitrogen and oxygen atoms in total. The van der Waals surface area contributed by atoms with Gasteiger partial charge < -0.3 is 0 Å². The first-order valence-electron chi connectivity index (χ1n) is 4.76. The number of benzene rings is 1. The summed E-state index contributed by atoms with van der Waals surface area (Å²) in [5, 5.41) is 0. The van der Waals surface area contributed by atoms with Gasteiger partial charge in [-0.05, 0) is 49.6 Å². The molecule has 1 aromatic rings. The second-order valence-corrected chi connectivity index (χ2v) is 5.70. The van der Waals surface area contributed by atoms with Gasteiger partial charge in [-0.15, -0.1) is 0 Å². The Hall–Kier alpha value is -0.870. The fourth-order valence-electron chi connectivity index (χ4n) is 1.86. The molecule has 1 aliphatic carbocycles. The van der Waals surface area contributed by atoms with Crippen molar-refractivity contribution in [2.75, 3.05) is 7.05 Å². The molecule has 0 amide bonds. The summed E-state index contributed by atoms with van der Waals surface area (Å²) in [7, 11) is -0.587. The molecule has 1 aliphatic rings. The molecule has 4 heteroatoms. The zero-order valence-corrected chi connectivity index (χ0v) is 9.08. The molecule has 0 atom stereocenters. The van der Waals surface area contributed by atoms with Crippen molar-refractivity contribution < 1.29 is 0 Å². The normalized spacial score (nSPS) is 15.5. The molecule has 0 aliphatic heterocycles. The van der Waals surface area contributed by atoms with E-state index in [0.717, 1.165) is 17.7 Å². The highest BCUT2D eigenvalue weighted by molar-refractivity contribution is 7.91. The van der Waals surface area contributed by atoms with Gasteiger partial charge in [0, 0.05) is 14.7 Å². The molecular weight excluding hydrogens is 194 g/mol. The number of hydrogen-bond acceptors (Lipinski definition) is 2. The fraction of sp³-hybridized carbons (Fsp3) is 0.400. The minimum absolute atomic E-state index is 0.820. The maximum atomic E-state index is 7.82. The van der Waals surface area contributed by atoms with E-state index in [9.17, 15) is 0 Å². The SMILES string of the molecule is CNS(=N)(=N)c1ccc2c(c1)CCC2. The van der Waals surface area contributed by atoms with Gasteiger partial charge in [-0.25, -0.2) is 4.72 Å². The molecular formula is C10H15N3S.